The Hall–Kier alpha value is -1.76. The van der Waals surface area contributed by atoms with Crippen LogP contribution in [0.3, 0.4) is 0 Å². The summed E-state index contributed by atoms with van der Waals surface area (Å²) in [6.07, 6.45) is 5.39. The number of thiophene rings is 1. The molecule has 0 radical (unpaired) electrons. The van der Waals surface area contributed by atoms with E-state index in [4.69, 9.17) is 4.74 Å². The van der Waals surface area contributed by atoms with Crippen molar-refractivity contribution in [3.63, 3.8) is 0 Å². The van der Waals surface area contributed by atoms with Crippen LogP contribution in [0.4, 0.5) is 5.69 Å². The van der Waals surface area contributed by atoms with Gasteiger partial charge in [-0.2, -0.15) is 0 Å². The Morgan fingerprint density at radius 1 is 1.32 bits per heavy atom. The van der Waals surface area contributed by atoms with Gasteiger partial charge in [-0.15, -0.1) is 11.3 Å². The second kappa shape index (κ2) is 6.86. The number of amides is 1. The van der Waals surface area contributed by atoms with Gasteiger partial charge in [0.25, 0.3) is 5.91 Å². The van der Waals surface area contributed by atoms with Crippen LogP contribution in [-0.4, -0.2) is 47.1 Å². The molecule has 0 unspecified atom stereocenters. The van der Waals surface area contributed by atoms with Gasteiger partial charge in [0.15, 0.2) is 0 Å². The van der Waals surface area contributed by atoms with Crippen molar-refractivity contribution in [2.75, 3.05) is 24.6 Å². The van der Waals surface area contributed by atoms with E-state index in [2.05, 4.69) is 34.3 Å². The number of morpholine rings is 1. The topological polar surface area (TPSA) is 45.7 Å². The molecule has 25 heavy (non-hydrogen) atoms. The van der Waals surface area contributed by atoms with Gasteiger partial charge in [0, 0.05) is 30.7 Å². The molecule has 0 N–H and O–H groups in total. The molecule has 2 aromatic rings. The zero-order chi connectivity index (χ0) is 17.3. The van der Waals surface area contributed by atoms with E-state index in [1.165, 1.54) is 4.88 Å². The Labute approximate surface area is 152 Å². The van der Waals surface area contributed by atoms with E-state index in [-0.39, 0.29) is 24.2 Å². The second-order valence-electron chi connectivity index (χ2n) is 6.86. The van der Waals surface area contributed by atoms with Gasteiger partial charge in [0.1, 0.15) is 6.61 Å². The van der Waals surface area contributed by atoms with Crippen molar-refractivity contribution < 1.29 is 9.53 Å². The Kier molecular flexibility index (Phi) is 4.58. The molecule has 6 heteroatoms. The van der Waals surface area contributed by atoms with Gasteiger partial charge in [-0.05, 0) is 43.3 Å². The molecule has 1 spiro atoms. The van der Waals surface area contributed by atoms with Crippen molar-refractivity contribution >= 4 is 22.9 Å². The number of anilines is 1. The number of hydrogen-bond acceptors (Lipinski definition) is 5. The molecule has 4 heterocycles. The first-order valence-electron chi connectivity index (χ1n) is 8.79. The number of ether oxygens (including phenoxy) is 1. The van der Waals surface area contributed by atoms with E-state index >= 15 is 0 Å². The predicted octanol–water partition coefficient (Wildman–Crippen LogP) is 2.93. The number of pyridine rings is 1. The van der Waals surface area contributed by atoms with Crippen molar-refractivity contribution in [3.8, 4) is 0 Å². The number of hydrogen-bond donors (Lipinski definition) is 0. The number of piperidine rings is 1. The Morgan fingerprint density at radius 3 is 2.84 bits per heavy atom. The lowest BCUT2D eigenvalue weighted by molar-refractivity contribution is -0.152. The summed E-state index contributed by atoms with van der Waals surface area (Å²) in [5, 5.41) is 2.13. The summed E-state index contributed by atoms with van der Waals surface area (Å²) in [5.41, 5.74) is 0.610. The molecule has 1 amide bonds. The highest BCUT2D eigenvalue weighted by Gasteiger charge is 2.48. The van der Waals surface area contributed by atoms with Crippen LogP contribution < -0.4 is 4.90 Å². The van der Waals surface area contributed by atoms with E-state index in [0.717, 1.165) is 38.2 Å². The van der Waals surface area contributed by atoms with Gasteiger partial charge in [0.05, 0.1) is 23.5 Å². The molecule has 0 aromatic carbocycles. The first-order valence-corrected chi connectivity index (χ1v) is 9.67. The Bertz CT molecular complexity index is 712. The fourth-order valence-electron chi connectivity index (χ4n) is 3.99. The maximum atomic E-state index is 12.5. The third-order valence-electron chi connectivity index (χ3n) is 5.49. The fourth-order valence-corrected chi connectivity index (χ4v) is 4.73. The van der Waals surface area contributed by atoms with E-state index in [9.17, 15) is 4.79 Å². The molecule has 2 aliphatic heterocycles. The SMILES string of the molecule is C[C@@H]1N(c2cccnc2)C(=O)COC12CCN(Cc1cccs1)CC2. The van der Waals surface area contributed by atoms with Crippen LogP contribution in [0.1, 0.15) is 24.6 Å². The summed E-state index contributed by atoms with van der Waals surface area (Å²) in [6, 6.07) is 8.14. The highest BCUT2D eigenvalue weighted by atomic mass is 32.1. The lowest BCUT2D eigenvalue weighted by Gasteiger charge is -2.51. The summed E-state index contributed by atoms with van der Waals surface area (Å²) in [6.45, 7) is 5.27. The first kappa shape index (κ1) is 16.7. The molecule has 0 saturated carbocycles. The highest BCUT2D eigenvalue weighted by molar-refractivity contribution is 7.09. The minimum atomic E-state index is -0.254. The van der Waals surface area contributed by atoms with Gasteiger partial charge < -0.3 is 9.64 Å². The number of carbonyl (C=O) groups is 1. The molecule has 2 aliphatic rings. The lowest BCUT2D eigenvalue weighted by atomic mass is 9.82. The third-order valence-corrected chi connectivity index (χ3v) is 6.35. The largest absolute Gasteiger partial charge is 0.363 e. The Morgan fingerprint density at radius 2 is 2.16 bits per heavy atom. The van der Waals surface area contributed by atoms with Crippen LogP contribution in [0.2, 0.25) is 0 Å². The van der Waals surface area contributed by atoms with Crippen LogP contribution in [0.5, 0.6) is 0 Å². The maximum Gasteiger partial charge on any atom is 0.253 e. The molecule has 1 atom stereocenters. The molecule has 2 fully saturated rings. The van der Waals surface area contributed by atoms with Crippen LogP contribution >= 0.6 is 11.3 Å². The van der Waals surface area contributed by atoms with Gasteiger partial charge in [-0.1, -0.05) is 6.07 Å². The van der Waals surface area contributed by atoms with Crippen molar-refractivity contribution in [1.29, 1.82) is 0 Å². The van der Waals surface area contributed by atoms with E-state index < -0.39 is 0 Å². The molecule has 2 saturated heterocycles. The van der Waals surface area contributed by atoms with Crippen molar-refractivity contribution in [2.45, 2.75) is 38.0 Å². The summed E-state index contributed by atoms with van der Waals surface area (Å²) < 4.78 is 6.13. The van der Waals surface area contributed by atoms with Crippen LogP contribution in [0.25, 0.3) is 0 Å². The quantitative estimate of drug-likeness (QED) is 0.847. The van der Waals surface area contributed by atoms with Gasteiger partial charge in [-0.25, -0.2) is 0 Å². The monoisotopic (exact) mass is 357 g/mol. The third kappa shape index (κ3) is 3.21. The molecular weight excluding hydrogens is 334 g/mol. The van der Waals surface area contributed by atoms with E-state index in [1.807, 2.05) is 28.4 Å². The van der Waals surface area contributed by atoms with Gasteiger partial charge in [0.2, 0.25) is 0 Å². The normalized spacial score (nSPS) is 24.0. The standard InChI is InChI=1S/C19H23N3O2S/c1-15-19(6-9-21(10-7-19)13-17-5-3-11-25-17)24-14-18(23)22(15)16-4-2-8-20-12-16/h2-5,8,11-12,15H,6-7,9-10,13-14H2,1H3/t15-/m0/s1. The molecule has 132 valence electrons. The molecule has 4 rings (SSSR count). The van der Waals surface area contributed by atoms with Crippen LogP contribution in [0.15, 0.2) is 42.0 Å². The number of aromatic nitrogens is 1. The van der Waals surface area contributed by atoms with E-state index in [0.29, 0.717) is 0 Å². The van der Waals surface area contributed by atoms with Gasteiger partial charge >= 0.3 is 0 Å². The summed E-state index contributed by atoms with van der Waals surface area (Å²) >= 11 is 1.81. The van der Waals surface area contributed by atoms with Crippen molar-refractivity contribution in [2.24, 2.45) is 0 Å². The number of nitrogens with zero attached hydrogens (tertiary/aromatic N) is 3. The summed E-state index contributed by atoms with van der Waals surface area (Å²) in [4.78, 5) is 22.4. The van der Waals surface area contributed by atoms with Gasteiger partial charge in [-0.3, -0.25) is 14.7 Å². The second-order valence-corrected chi connectivity index (χ2v) is 7.89. The summed E-state index contributed by atoms with van der Waals surface area (Å²) in [5.74, 6) is 0.0205. The molecule has 0 bridgehead atoms. The zero-order valence-corrected chi connectivity index (χ0v) is 15.2. The number of likely N-dealkylation sites (tertiary alicyclic amines) is 1. The number of carbonyl (C=O) groups excluding carboxylic acids is 1. The molecule has 0 aliphatic carbocycles. The molecule has 5 nitrogen and oxygen atoms in total. The lowest BCUT2D eigenvalue weighted by Crippen LogP contribution is -2.64. The smallest absolute Gasteiger partial charge is 0.253 e. The average Bonchev–Trinajstić information content (AvgIpc) is 3.15. The van der Waals surface area contributed by atoms with Crippen LogP contribution in [0, 0.1) is 0 Å². The van der Waals surface area contributed by atoms with Crippen LogP contribution in [-0.2, 0) is 16.1 Å². The summed E-state index contributed by atoms with van der Waals surface area (Å²) in [7, 11) is 0. The zero-order valence-electron chi connectivity index (χ0n) is 14.4. The van der Waals surface area contributed by atoms with E-state index in [1.54, 1.807) is 12.4 Å². The predicted molar refractivity (Wildman–Crippen MR) is 98.7 cm³/mol. The first-order chi connectivity index (χ1) is 12.2. The fraction of sp³-hybridized carbons (Fsp3) is 0.474. The minimum Gasteiger partial charge on any atom is -0.363 e. The highest BCUT2D eigenvalue weighted by Crippen LogP contribution is 2.38. The molecular formula is C19H23N3O2S. The molecule has 2 aromatic heterocycles. The minimum absolute atomic E-state index is 0.0156. The van der Waals surface area contributed by atoms with Crippen molar-refractivity contribution in [1.82, 2.24) is 9.88 Å². The van der Waals surface area contributed by atoms with Crippen molar-refractivity contribution in [3.05, 3.63) is 46.9 Å². The maximum absolute atomic E-state index is 12.5. The Balaban J connectivity index is 1.48. The average molecular weight is 357 g/mol. The number of rotatable bonds is 3.